The molecule has 0 bridgehead atoms. The van der Waals surface area contributed by atoms with Gasteiger partial charge in [0.25, 0.3) is 0 Å². The molecule has 1 rings (SSSR count). The maximum atomic E-state index is 13.0. The lowest BCUT2D eigenvalue weighted by atomic mass is 10.1. The van der Waals surface area contributed by atoms with E-state index in [0.29, 0.717) is 12.4 Å². The van der Waals surface area contributed by atoms with E-state index in [0.717, 1.165) is 18.9 Å². The van der Waals surface area contributed by atoms with Crippen LogP contribution in [0.5, 0.6) is 5.75 Å². The highest BCUT2D eigenvalue weighted by Crippen LogP contribution is 2.29. The van der Waals surface area contributed by atoms with Crippen LogP contribution in [0.4, 0.5) is 8.78 Å². The van der Waals surface area contributed by atoms with Crippen LogP contribution in [0, 0.1) is 11.3 Å². The molecule has 0 N–H and O–H groups in total. The lowest BCUT2D eigenvalue weighted by Gasteiger charge is -2.10. The van der Waals surface area contributed by atoms with E-state index in [1.807, 2.05) is 20.8 Å². The third-order valence-electron chi connectivity index (χ3n) is 2.10. The Kier molecular flexibility index (Phi) is 7.69. The van der Waals surface area contributed by atoms with Crippen molar-refractivity contribution >= 4 is 0 Å². The molecular formula is C14H19F2NO. The third kappa shape index (κ3) is 5.13. The SMILES string of the molecule is CC.CCCCOc1cccc(C(F)(F)C#N)c1. The van der Waals surface area contributed by atoms with E-state index < -0.39 is 5.92 Å². The van der Waals surface area contributed by atoms with Gasteiger partial charge in [0.2, 0.25) is 0 Å². The Hall–Kier alpha value is -1.63. The van der Waals surface area contributed by atoms with Gasteiger partial charge in [0, 0.05) is 5.56 Å². The van der Waals surface area contributed by atoms with Crippen LogP contribution in [-0.4, -0.2) is 6.61 Å². The first-order chi connectivity index (χ1) is 8.60. The zero-order chi connectivity index (χ0) is 14.0. The Morgan fingerprint density at radius 1 is 1.33 bits per heavy atom. The fourth-order valence-electron chi connectivity index (χ4n) is 1.18. The van der Waals surface area contributed by atoms with E-state index in [9.17, 15) is 8.78 Å². The molecule has 4 heteroatoms. The molecule has 0 heterocycles. The van der Waals surface area contributed by atoms with Crippen molar-refractivity contribution in [2.24, 2.45) is 0 Å². The molecule has 0 aliphatic carbocycles. The standard InChI is InChI=1S/C12H13F2NO.C2H6/c1-2-3-7-16-11-6-4-5-10(8-11)12(13,14)9-15;1-2/h4-6,8H,2-3,7H2,1H3;1-2H3. The van der Waals surface area contributed by atoms with Gasteiger partial charge in [0.05, 0.1) is 6.61 Å². The number of hydrogen-bond donors (Lipinski definition) is 0. The second-order valence-corrected chi connectivity index (χ2v) is 3.42. The molecule has 2 nitrogen and oxygen atoms in total. The van der Waals surface area contributed by atoms with E-state index in [4.69, 9.17) is 10.00 Å². The second-order valence-electron chi connectivity index (χ2n) is 3.42. The van der Waals surface area contributed by atoms with Crippen LogP contribution in [-0.2, 0) is 5.92 Å². The summed E-state index contributed by atoms with van der Waals surface area (Å²) in [5.41, 5.74) is -0.330. The highest BCUT2D eigenvalue weighted by molar-refractivity contribution is 5.33. The second kappa shape index (κ2) is 8.46. The van der Waals surface area contributed by atoms with Gasteiger partial charge in [-0.15, -0.1) is 0 Å². The number of halogens is 2. The molecule has 0 unspecified atom stereocenters. The molecule has 0 amide bonds. The Morgan fingerprint density at radius 2 is 2.00 bits per heavy atom. The largest absolute Gasteiger partial charge is 0.494 e. The first kappa shape index (κ1) is 16.4. The molecular weight excluding hydrogens is 236 g/mol. The number of benzene rings is 1. The molecule has 0 spiro atoms. The minimum Gasteiger partial charge on any atom is -0.494 e. The molecule has 0 saturated heterocycles. The first-order valence-electron chi connectivity index (χ1n) is 6.12. The summed E-state index contributed by atoms with van der Waals surface area (Å²) in [6, 6.07) is 6.45. The van der Waals surface area contributed by atoms with Crippen LogP contribution in [0.3, 0.4) is 0 Å². The Bertz CT molecular complexity index is 386. The molecule has 1 aromatic rings. The van der Waals surface area contributed by atoms with Crippen LogP contribution in [0.25, 0.3) is 0 Å². The number of alkyl halides is 2. The molecule has 0 aliphatic rings. The average molecular weight is 255 g/mol. The first-order valence-corrected chi connectivity index (χ1v) is 6.12. The summed E-state index contributed by atoms with van der Waals surface area (Å²) in [5.74, 6) is -3.08. The van der Waals surface area contributed by atoms with Crippen LogP contribution in [0.1, 0.15) is 39.2 Å². The molecule has 0 saturated carbocycles. The molecule has 1 aromatic carbocycles. The molecule has 100 valence electrons. The van der Waals surface area contributed by atoms with Crippen molar-refractivity contribution in [1.29, 1.82) is 5.26 Å². The summed E-state index contributed by atoms with van der Waals surface area (Å²) >= 11 is 0. The number of nitrogens with zero attached hydrogens (tertiary/aromatic N) is 1. The van der Waals surface area contributed by atoms with Gasteiger partial charge in [-0.3, -0.25) is 0 Å². The van der Waals surface area contributed by atoms with Crippen molar-refractivity contribution in [3.8, 4) is 11.8 Å². The van der Waals surface area contributed by atoms with Crippen molar-refractivity contribution in [1.82, 2.24) is 0 Å². The highest BCUT2D eigenvalue weighted by Gasteiger charge is 2.31. The van der Waals surface area contributed by atoms with E-state index in [-0.39, 0.29) is 5.56 Å². The van der Waals surface area contributed by atoms with Gasteiger partial charge in [-0.05, 0) is 18.6 Å². The normalized spacial score (nSPS) is 10.0. The lowest BCUT2D eigenvalue weighted by Crippen LogP contribution is -2.09. The predicted molar refractivity (Wildman–Crippen MR) is 67.7 cm³/mol. The van der Waals surface area contributed by atoms with Crippen LogP contribution >= 0.6 is 0 Å². The van der Waals surface area contributed by atoms with Crippen LogP contribution in [0.15, 0.2) is 24.3 Å². The van der Waals surface area contributed by atoms with Crippen molar-refractivity contribution < 1.29 is 13.5 Å². The topological polar surface area (TPSA) is 33.0 Å². The van der Waals surface area contributed by atoms with E-state index in [2.05, 4.69) is 0 Å². The van der Waals surface area contributed by atoms with Gasteiger partial charge in [0.15, 0.2) is 0 Å². The van der Waals surface area contributed by atoms with Gasteiger partial charge in [-0.2, -0.15) is 14.0 Å². The molecule has 0 fully saturated rings. The summed E-state index contributed by atoms with van der Waals surface area (Å²) in [7, 11) is 0. The molecule has 0 aliphatic heterocycles. The van der Waals surface area contributed by atoms with Gasteiger partial charge in [-0.1, -0.05) is 39.3 Å². The van der Waals surface area contributed by atoms with Gasteiger partial charge in [-0.25, -0.2) is 0 Å². The van der Waals surface area contributed by atoms with Crippen molar-refractivity contribution in [3.63, 3.8) is 0 Å². The highest BCUT2D eigenvalue weighted by atomic mass is 19.3. The fraction of sp³-hybridized carbons (Fsp3) is 0.500. The maximum absolute atomic E-state index is 13.0. The summed E-state index contributed by atoms with van der Waals surface area (Å²) in [5, 5.41) is 8.31. The Labute approximate surface area is 107 Å². The van der Waals surface area contributed by atoms with Crippen LogP contribution in [0.2, 0.25) is 0 Å². The van der Waals surface area contributed by atoms with E-state index in [1.165, 1.54) is 18.2 Å². The Morgan fingerprint density at radius 3 is 2.56 bits per heavy atom. The predicted octanol–water partition coefficient (Wildman–Crippen LogP) is 4.51. The van der Waals surface area contributed by atoms with E-state index >= 15 is 0 Å². The smallest absolute Gasteiger partial charge is 0.357 e. The average Bonchev–Trinajstić information content (AvgIpc) is 2.42. The fourth-order valence-corrected chi connectivity index (χ4v) is 1.18. The van der Waals surface area contributed by atoms with Crippen LogP contribution < -0.4 is 4.74 Å². The minimum atomic E-state index is -3.45. The zero-order valence-corrected chi connectivity index (χ0v) is 11.0. The van der Waals surface area contributed by atoms with E-state index in [1.54, 1.807) is 6.07 Å². The number of unbranched alkanes of at least 4 members (excludes halogenated alkanes) is 1. The van der Waals surface area contributed by atoms with Gasteiger partial charge < -0.3 is 4.74 Å². The summed E-state index contributed by atoms with van der Waals surface area (Å²) in [6.45, 7) is 6.52. The number of rotatable bonds is 5. The number of nitriles is 1. The van der Waals surface area contributed by atoms with Gasteiger partial charge >= 0.3 is 5.92 Å². The monoisotopic (exact) mass is 255 g/mol. The Balaban J connectivity index is 0.00000137. The molecule has 0 radical (unpaired) electrons. The number of hydrogen-bond acceptors (Lipinski definition) is 2. The quantitative estimate of drug-likeness (QED) is 0.725. The summed E-state index contributed by atoms with van der Waals surface area (Å²) in [4.78, 5) is 0. The molecule has 18 heavy (non-hydrogen) atoms. The minimum absolute atomic E-state index is 0.330. The van der Waals surface area contributed by atoms with Crippen molar-refractivity contribution in [3.05, 3.63) is 29.8 Å². The van der Waals surface area contributed by atoms with Crippen molar-refractivity contribution in [2.75, 3.05) is 6.61 Å². The molecule has 0 aromatic heterocycles. The number of ether oxygens (including phenoxy) is 1. The summed E-state index contributed by atoms with van der Waals surface area (Å²) < 4.78 is 31.4. The van der Waals surface area contributed by atoms with Crippen molar-refractivity contribution in [2.45, 2.75) is 39.5 Å². The maximum Gasteiger partial charge on any atom is 0.357 e. The lowest BCUT2D eigenvalue weighted by molar-refractivity contribution is 0.0609. The third-order valence-corrected chi connectivity index (χ3v) is 2.10. The zero-order valence-electron chi connectivity index (χ0n) is 11.0. The summed E-state index contributed by atoms with van der Waals surface area (Å²) in [6.07, 6.45) is 1.85. The molecule has 0 atom stereocenters. The van der Waals surface area contributed by atoms with Gasteiger partial charge in [0.1, 0.15) is 11.8 Å².